The zero-order chi connectivity index (χ0) is 18.8. The highest BCUT2D eigenvalue weighted by Crippen LogP contribution is 2.18. The first-order valence-electron chi connectivity index (χ1n) is 9.22. The molecule has 0 heterocycles. The van der Waals surface area contributed by atoms with E-state index in [0.717, 1.165) is 11.1 Å². The second-order valence-electron chi connectivity index (χ2n) is 6.31. The van der Waals surface area contributed by atoms with Gasteiger partial charge in [-0.15, -0.1) is 0 Å². The van der Waals surface area contributed by atoms with E-state index in [1.165, 1.54) is 0 Å². The Morgan fingerprint density at radius 1 is 1.20 bits per heavy atom. The predicted octanol–water partition coefficient (Wildman–Crippen LogP) is 2.34. The minimum absolute atomic E-state index is 0.0132. The number of carbonyl (C=O) groups is 2. The highest BCUT2D eigenvalue weighted by atomic mass is 16.3. The number of aryl methyl sites for hydroxylation is 1. The molecule has 140 valence electrons. The van der Waals surface area contributed by atoms with E-state index >= 15 is 0 Å². The van der Waals surface area contributed by atoms with E-state index < -0.39 is 0 Å². The Hall–Kier alpha value is -1.72. The minimum Gasteiger partial charge on any atom is -0.392 e. The summed E-state index contributed by atoms with van der Waals surface area (Å²) in [5, 5.41) is 12.6. The first kappa shape index (κ1) is 21.3. The Balaban J connectivity index is 2.74. The number of Topliss-reactive ketones (excluding diaryl/α,β-unsaturated/α-hetero) is 1. The van der Waals surface area contributed by atoms with Gasteiger partial charge in [0.2, 0.25) is 0 Å². The van der Waals surface area contributed by atoms with Crippen molar-refractivity contribution in [2.24, 2.45) is 0 Å². The molecule has 0 fully saturated rings. The third-order valence-corrected chi connectivity index (χ3v) is 4.50. The van der Waals surface area contributed by atoms with Gasteiger partial charge in [-0.3, -0.25) is 9.59 Å². The minimum atomic E-state index is -0.371. The second kappa shape index (κ2) is 11.0. The molecule has 0 aliphatic carbocycles. The molecule has 0 aromatic heterocycles. The lowest BCUT2D eigenvalue weighted by Gasteiger charge is -2.21. The van der Waals surface area contributed by atoms with Crippen LogP contribution in [0.1, 0.15) is 55.1 Å². The Bertz CT molecular complexity index is 568. The Morgan fingerprint density at radius 3 is 2.48 bits per heavy atom. The topological polar surface area (TPSA) is 69.6 Å². The average molecular weight is 348 g/mol. The lowest BCUT2D eigenvalue weighted by molar-refractivity contribution is -0.118. The van der Waals surface area contributed by atoms with Crippen molar-refractivity contribution in [3.8, 4) is 0 Å². The molecule has 0 aliphatic rings. The van der Waals surface area contributed by atoms with Crippen molar-refractivity contribution in [2.45, 2.75) is 53.1 Å². The highest BCUT2D eigenvalue weighted by Gasteiger charge is 2.19. The lowest BCUT2D eigenvalue weighted by Crippen LogP contribution is -2.32. The third-order valence-electron chi connectivity index (χ3n) is 4.50. The summed E-state index contributed by atoms with van der Waals surface area (Å²) in [5.74, 6) is 0.0853. The summed E-state index contributed by atoms with van der Waals surface area (Å²) in [5.41, 5.74) is 2.44. The van der Waals surface area contributed by atoms with Crippen LogP contribution in [0, 0.1) is 6.92 Å². The maximum Gasteiger partial charge on any atom is 0.254 e. The van der Waals surface area contributed by atoms with Crippen molar-refractivity contribution < 1.29 is 14.7 Å². The molecule has 0 aliphatic heterocycles. The van der Waals surface area contributed by atoms with Crippen LogP contribution in [0.5, 0.6) is 0 Å². The zero-order valence-electron chi connectivity index (χ0n) is 16.0. The molecule has 2 N–H and O–H groups in total. The summed E-state index contributed by atoms with van der Waals surface area (Å²) in [6, 6.07) is 5.62. The fourth-order valence-corrected chi connectivity index (χ4v) is 2.74. The van der Waals surface area contributed by atoms with E-state index in [2.05, 4.69) is 5.32 Å². The van der Waals surface area contributed by atoms with Crippen molar-refractivity contribution in [3.63, 3.8) is 0 Å². The molecule has 1 rings (SSSR count). The van der Waals surface area contributed by atoms with Gasteiger partial charge in [0, 0.05) is 44.6 Å². The van der Waals surface area contributed by atoms with Gasteiger partial charge in [-0.05, 0) is 44.4 Å². The fourth-order valence-electron chi connectivity index (χ4n) is 2.74. The Kier molecular flexibility index (Phi) is 9.39. The van der Waals surface area contributed by atoms with Crippen molar-refractivity contribution in [3.05, 3.63) is 34.9 Å². The highest BCUT2D eigenvalue weighted by molar-refractivity contribution is 5.97. The number of amides is 1. The molecule has 0 saturated heterocycles. The molecule has 0 saturated carbocycles. The van der Waals surface area contributed by atoms with Crippen LogP contribution in [-0.2, 0) is 11.2 Å². The number of nitrogens with zero attached hydrogens (tertiary/aromatic N) is 1. The van der Waals surface area contributed by atoms with Gasteiger partial charge in [-0.25, -0.2) is 0 Å². The predicted molar refractivity (Wildman–Crippen MR) is 101 cm³/mol. The normalized spacial score (nSPS) is 12.0. The lowest BCUT2D eigenvalue weighted by atomic mass is 9.95. The van der Waals surface area contributed by atoms with E-state index in [1.54, 1.807) is 4.90 Å². The molecule has 0 bridgehead atoms. The maximum absolute atomic E-state index is 12.7. The number of hydrogen-bond acceptors (Lipinski definition) is 4. The van der Waals surface area contributed by atoms with Crippen molar-refractivity contribution in [1.82, 2.24) is 10.2 Å². The van der Waals surface area contributed by atoms with Crippen LogP contribution >= 0.6 is 0 Å². The summed E-state index contributed by atoms with van der Waals surface area (Å²) < 4.78 is 0. The number of aliphatic hydroxyl groups is 1. The average Bonchev–Trinajstić information content (AvgIpc) is 2.61. The van der Waals surface area contributed by atoms with E-state index in [0.29, 0.717) is 44.6 Å². The van der Waals surface area contributed by atoms with E-state index in [-0.39, 0.29) is 24.2 Å². The summed E-state index contributed by atoms with van der Waals surface area (Å²) in [6.07, 6.45) is 0.988. The number of aliphatic hydroxyl groups excluding tert-OH is 1. The van der Waals surface area contributed by atoms with E-state index in [9.17, 15) is 14.7 Å². The van der Waals surface area contributed by atoms with Crippen molar-refractivity contribution in [1.29, 1.82) is 0 Å². The molecule has 25 heavy (non-hydrogen) atoms. The van der Waals surface area contributed by atoms with Gasteiger partial charge < -0.3 is 15.3 Å². The first-order chi connectivity index (χ1) is 11.9. The largest absolute Gasteiger partial charge is 0.392 e. The fraction of sp³-hybridized carbons (Fsp3) is 0.600. The van der Waals surface area contributed by atoms with Gasteiger partial charge in [-0.1, -0.05) is 19.1 Å². The Morgan fingerprint density at radius 2 is 1.88 bits per heavy atom. The quantitative estimate of drug-likeness (QED) is 0.602. The first-order valence-corrected chi connectivity index (χ1v) is 9.22. The van der Waals surface area contributed by atoms with E-state index in [4.69, 9.17) is 0 Å². The molecule has 0 radical (unpaired) electrons. The molecular weight excluding hydrogens is 316 g/mol. The summed E-state index contributed by atoms with van der Waals surface area (Å²) in [6.45, 7) is 10.1. The van der Waals surface area contributed by atoms with Gasteiger partial charge in [0.1, 0.15) is 5.78 Å². The number of nitrogens with one attached hydrogen (secondary N) is 1. The van der Waals surface area contributed by atoms with Gasteiger partial charge in [0.15, 0.2) is 0 Å². The zero-order valence-corrected chi connectivity index (χ0v) is 16.0. The van der Waals surface area contributed by atoms with Gasteiger partial charge >= 0.3 is 0 Å². The van der Waals surface area contributed by atoms with Gasteiger partial charge in [0.25, 0.3) is 5.91 Å². The molecule has 1 atom stereocenters. The number of carbonyl (C=O) groups excluding carboxylic acids is 2. The number of hydrogen-bond donors (Lipinski definition) is 2. The van der Waals surface area contributed by atoms with Crippen molar-refractivity contribution in [2.75, 3.05) is 26.2 Å². The van der Waals surface area contributed by atoms with Gasteiger partial charge in [-0.2, -0.15) is 0 Å². The molecule has 1 amide bonds. The standard InChI is InChI=1S/C20H32N2O3/c1-5-16(23)14-21-12-11-17(24)13-19-15(4)9-8-10-18(19)20(25)22(6-2)7-3/h8-10,16,21,23H,5-7,11-14H2,1-4H3/t16-/m1/s1. The molecule has 0 spiro atoms. The third kappa shape index (κ3) is 6.59. The van der Waals surface area contributed by atoms with Crippen LogP contribution < -0.4 is 5.32 Å². The molecule has 5 nitrogen and oxygen atoms in total. The molecule has 1 aromatic rings. The number of rotatable bonds is 11. The second-order valence-corrected chi connectivity index (χ2v) is 6.31. The summed E-state index contributed by atoms with van der Waals surface area (Å²) >= 11 is 0. The number of ketones is 1. The Labute approximate surface area is 151 Å². The van der Waals surface area contributed by atoms with Crippen LogP contribution in [0.25, 0.3) is 0 Å². The van der Waals surface area contributed by atoms with Crippen LogP contribution in [0.15, 0.2) is 18.2 Å². The monoisotopic (exact) mass is 348 g/mol. The summed E-state index contributed by atoms with van der Waals surface area (Å²) in [4.78, 5) is 26.8. The maximum atomic E-state index is 12.7. The molecule has 1 aromatic carbocycles. The van der Waals surface area contributed by atoms with Crippen LogP contribution in [0.2, 0.25) is 0 Å². The number of benzene rings is 1. The van der Waals surface area contributed by atoms with Gasteiger partial charge in [0.05, 0.1) is 6.10 Å². The SMILES string of the molecule is CC[C@@H](O)CNCCC(=O)Cc1c(C)cccc1C(=O)N(CC)CC. The van der Waals surface area contributed by atoms with Crippen molar-refractivity contribution >= 4 is 11.7 Å². The summed E-state index contributed by atoms with van der Waals surface area (Å²) in [7, 11) is 0. The molecule has 0 unspecified atom stereocenters. The van der Waals surface area contributed by atoms with E-state index in [1.807, 2.05) is 45.9 Å². The van der Waals surface area contributed by atoms with Crippen LogP contribution in [0.3, 0.4) is 0 Å². The molecule has 5 heteroatoms. The van der Waals surface area contributed by atoms with Crippen LogP contribution in [-0.4, -0.2) is 54.0 Å². The van der Waals surface area contributed by atoms with Crippen LogP contribution in [0.4, 0.5) is 0 Å². The molecular formula is C20H32N2O3. The smallest absolute Gasteiger partial charge is 0.254 e.